The lowest BCUT2D eigenvalue weighted by Gasteiger charge is -2.26. The van der Waals surface area contributed by atoms with Gasteiger partial charge in [0.1, 0.15) is 13.2 Å². The second-order valence-electron chi connectivity index (χ2n) is 22.6. The predicted molar refractivity (Wildman–Crippen MR) is 379 cm³/mol. The number of carbonyl (C=O) groups excluding carboxylic acids is 3. The number of hydrogen-bond donors (Lipinski definition) is 0. The van der Waals surface area contributed by atoms with E-state index in [0.29, 0.717) is 23.9 Å². The number of esters is 2. The molecule has 0 aromatic rings. The molecule has 0 aliphatic rings. The van der Waals surface area contributed by atoms with E-state index < -0.39 is 30.3 Å². The van der Waals surface area contributed by atoms with Crippen LogP contribution < -0.4 is 5.11 Å². The van der Waals surface area contributed by atoms with Crippen LogP contribution in [0.4, 0.5) is 0 Å². The molecule has 0 aliphatic carbocycles. The number of aliphatic carboxylic acids is 1. The molecule has 0 aromatic heterocycles. The minimum atomic E-state index is -1.65. The zero-order valence-electron chi connectivity index (χ0n) is 56.2. The maximum absolute atomic E-state index is 12.9. The Labute approximate surface area is 543 Å². The number of quaternary nitrogens is 1. The molecule has 9 heteroatoms. The Morgan fingerprint density at radius 1 is 0.337 bits per heavy atom. The molecule has 2 unspecified atom stereocenters. The molecule has 0 bridgehead atoms. The van der Waals surface area contributed by atoms with Gasteiger partial charge in [-0.3, -0.25) is 9.59 Å². The van der Waals surface area contributed by atoms with Crippen LogP contribution in [0.2, 0.25) is 0 Å². The van der Waals surface area contributed by atoms with Crippen LogP contribution in [0.1, 0.15) is 206 Å². The van der Waals surface area contributed by atoms with Crippen molar-refractivity contribution in [2.24, 2.45) is 0 Å². The Bertz CT molecular complexity index is 2260. The van der Waals surface area contributed by atoms with Crippen LogP contribution in [0.5, 0.6) is 0 Å². The summed E-state index contributed by atoms with van der Waals surface area (Å²) in [5, 5.41) is 11.8. The first-order valence-electron chi connectivity index (χ1n) is 33.9. The van der Waals surface area contributed by atoms with Crippen molar-refractivity contribution in [1.82, 2.24) is 0 Å². The standard InChI is InChI=1S/C80H121NO8/c1-6-8-10-12-14-16-18-20-22-24-26-28-30-31-32-33-34-35-36-37-38-39-40-41-42-43-44-45-46-47-49-51-53-55-57-59-61-63-65-67-69-71-78(83)89-76(75-88-80(79(84)85)86-73-72-81(3,4)5)74-87-77(82)70-68-66-64-62-60-58-56-54-52-50-48-29-27-25-23-21-19-17-15-13-11-9-7-2/h8-11,14-17,20-23,26-29,31-32,34-35,37-38,40-41,43-44,46-47,50-53,56-59,76,80H,6-7,12-13,18-19,24-25,30,33,36,39,42,45,48-49,54-55,60-75H2,1-5H3/b10-8-,11-9-,16-14-,17-15-,22-20-,23-21-,28-26-,29-27-,32-31-,35-34-,38-37-,41-40-,44-43-,47-46-,52-50-,53-51-,58-56-,59-57-. The number of ether oxygens (including phenoxy) is 4. The van der Waals surface area contributed by atoms with Gasteiger partial charge < -0.3 is 33.3 Å². The summed E-state index contributed by atoms with van der Waals surface area (Å²) < 4.78 is 22.7. The molecule has 0 N–H and O–H groups in total. The fourth-order valence-electron chi connectivity index (χ4n) is 8.11. The van der Waals surface area contributed by atoms with Crippen LogP contribution in [-0.4, -0.2) is 82.3 Å². The first kappa shape index (κ1) is 82.6. The van der Waals surface area contributed by atoms with Crippen molar-refractivity contribution in [3.05, 3.63) is 219 Å². The number of nitrogens with zero attached hydrogens (tertiary/aromatic N) is 1. The van der Waals surface area contributed by atoms with E-state index in [4.69, 9.17) is 18.9 Å². The molecule has 0 saturated carbocycles. The zero-order valence-corrected chi connectivity index (χ0v) is 56.2. The maximum Gasteiger partial charge on any atom is 0.306 e. The number of unbranched alkanes of at least 4 members (excludes halogenated alkanes) is 8. The van der Waals surface area contributed by atoms with E-state index in [1.165, 1.54) is 0 Å². The maximum atomic E-state index is 12.9. The second kappa shape index (κ2) is 67.5. The number of allylic oxidation sites excluding steroid dienone is 36. The monoisotopic (exact) mass is 1220 g/mol. The minimum absolute atomic E-state index is 0.125. The van der Waals surface area contributed by atoms with Gasteiger partial charge in [-0.2, -0.15) is 0 Å². The molecule has 0 rings (SSSR count). The normalized spacial score (nSPS) is 14.1. The molecule has 494 valence electrons. The molecule has 0 spiro atoms. The Morgan fingerprint density at radius 3 is 0.888 bits per heavy atom. The summed E-state index contributed by atoms with van der Waals surface area (Å²) in [4.78, 5) is 37.4. The van der Waals surface area contributed by atoms with Gasteiger partial charge in [0.25, 0.3) is 0 Å². The lowest BCUT2D eigenvalue weighted by Crippen LogP contribution is -2.44. The topological polar surface area (TPSA) is 111 Å². The van der Waals surface area contributed by atoms with Gasteiger partial charge in [0, 0.05) is 12.8 Å². The number of carboxylic acids is 1. The smallest absolute Gasteiger partial charge is 0.306 e. The Kier molecular flexibility index (Phi) is 62.7. The highest BCUT2D eigenvalue weighted by Gasteiger charge is 2.22. The van der Waals surface area contributed by atoms with Gasteiger partial charge in [-0.15, -0.1) is 0 Å². The summed E-state index contributed by atoms with van der Waals surface area (Å²) >= 11 is 0. The van der Waals surface area contributed by atoms with Crippen LogP contribution in [0.3, 0.4) is 0 Å². The molecule has 0 radical (unpaired) electrons. The van der Waals surface area contributed by atoms with E-state index in [9.17, 15) is 19.5 Å². The summed E-state index contributed by atoms with van der Waals surface area (Å²) in [5.74, 6) is -2.38. The molecular formula is C80H121NO8. The molecule has 9 nitrogen and oxygen atoms in total. The molecule has 0 heterocycles. The molecular weight excluding hydrogens is 1100 g/mol. The fourth-order valence-corrected chi connectivity index (χ4v) is 8.11. The first-order valence-corrected chi connectivity index (χ1v) is 33.9. The SMILES string of the molecule is CC/C=C\C/C=C\C/C=C\C/C=C\C/C=C\C/C=C\C/C=C\C/C=C\C/C=C\C/C=C\C/C=C\C/C=C\CCCCCCC(=O)OC(COC(=O)CCCCCC/C=C\C/C=C\C/C=C\C/C=C\C/C=C\C/C=C\CC)COC(OCC[N+](C)(C)C)C(=O)[O-]. The number of carboxylic acid groups (broad SMARTS) is 1. The van der Waals surface area contributed by atoms with Gasteiger partial charge in [0.05, 0.1) is 40.3 Å². The van der Waals surface area contributed by atoms with Crippen molar-refractivity contribution in [3.63, 3.8) is 0 Å². The Hall–Kier alpha value is -6.39. The van der Waals surface area contributed by atoms with Crippen molar-refractivity contribution in [3.8, 4) is 0 Å². The van der Waals surface area contributed by atoms with Crippen molar-refractivity contribution < 1.29 is 42.9 Å². The summed E-state index contributed by atoms with van der Waals surface area (Å²) in [5.41, 5.74) is 0. The van der Waals surface area contributed by atoms with E-state index in [1.807, 2.05) is 21.1 Å². The number of hydrogen-bond acceptors (Lipinski definition) is 8. The van der Waals surface area contributed by atoms with E-state index in [0.717, 1.165) is 167 Å². The average Bonchev–Trinajstić information content (AvgIpc) is 3.64. The van der Waals surface area contributed by atoms with Gasteiger partial charge in [-0.05, 0) is 154 Å². The largest absolute Gasteiger partial charge is 0.545 e. The van der Waals surface area contributed by atoms with E-state index in [2.05, 4.69) is 233 Å². The third-order valence-corrected chi connectivity index (χ3v) is 13.2. The molecule has 0 saturated heterocycles. The number of carbonyl (C=O) groups is 3. The number of rotatable bonds is 59. The molecule has 0 aromatic carbocycles. The average molecular weight is 1220 g/mol. The van der Waals surface area contributed by atoms with Crippen molar-refractivity contribution in [2.45, 2.75) is 219 Å². The molecule has 0 fully saturated rings. The second-order valence-corrected chi connectivity index (χ2v) is 22.6. The highest BCUT2D eigenvalue weighted by molar-refractivity contribution is 5.70. The molecule has 89 heavy (non-hydrogen) atoms. The fraction of sp³-hybridized carbons (Fsp3) is 0.512. The van der Waals surface area contributed by atoms with Crippen LogP contribution in [0, 0.1) is 0 Å². The van der Waals surface area contributed by atoms with Gasteiger partial charge in [0.15, 0.2) is 12.4 Å². The summed E-state index contributed by atoms with van der Waals surface area (Å²) in [6, 6.07) is 0. The molecule has 2 atom stereocenters. The van der Waals surface area contributed by atoms with E-state index in [-0.39, 0.29) is 32.7 Å². The quantitative estimate of drug-likeness (QED) is 0.0195. The number of likely N-dealkylation sites (N-methyl/N-ethyl adjacent to an activating group) is 1. The summed E-state index contributed by atoms with van der Waals surface area (Å²) in [6.07, 6.45) is 104. The molecule has 0 aliphatic heterocycles. The van der Waals surface area contributed by atoms with Crippen LogP contribution >= 0.6 is 0 Å². The van der Waals surface area contributed by atoms with E-state index in [1.54, 1.807) is 0 Å². The van der Waals surface area contributed by atoms with Crippen molar-refractivity contribution in [1.29, 1.82) is 0 Å². The van der Waals surface area contributed by atoms with Crippen LogP contribution in [-0.2, 0) is 33.3 Å². The van der Waals surface area contributed by atoms with Gasteiger partial charge in [-0.25, -0.2) is 0 Å². The first-order chi connectivity index (χ1) is 43.6. The van der Waals surface area contributed by atoms with Gasteiger partial charge in [-0.1, -0.05) is 258 Å². The third-order valence-electron chi connectivity index (χ3n) is 13.2. The van der Waals surface area contributed by atoms with Crippen molar-refractivity contribution >= 4 is 17.9 Å². The Morgan fingerprint density at radius 2 is 0.607 bits per heavy atom. The lowest BCUT2D eigenvalue weighted by molar-refractivity contribution is -0.870. The molecule has 0 amide bonds. The summed E-state index contributed by atoms with van der Waals surface area (Å²) in [6.45, 7) is 4.42. The van der Waals surface area contributed by atoms with Crippen molar-refractivity contribution in [2.75, 3.05) is 47.5 Å². The zero-order chi connectivity index (χ0) is 64.7. The van der Waals surface area contributed by atoms with Crippen LogP contribution in [0.25, 0.3) is 0 Å². The predicted octanol–water partition coefficient (Wildman–Crippen LogP) is 20.0. The van der Waals surface area contributed by atoms with E-state index >= 15 is 0 Å². The Balaban J connectivity index is 4.32. The van der Waals surface area contributed by atoms with Gasteiger partial charge in [0.2, 0.25) is 0 Å². The third kappa shape index (κ3) is 69.0. The highest BCUT2D eigenvalue weighted by Crippen LogP contribution is 2.12. The highest BCUT2D eigenvalue weighted by atomic mass is 16.7. The minimum Gasteiger partial charge on any atom is -0.545 e. The lowest BCUT2D eigenvalue weighted by atomic mass is 10.1. The van der Waals surface area contributed by atoms with Crippen LogP contribution in [0.15, 0.2) is 219 Å². The van der Waals surface area contributed by atoms with Gasteiger partial charge >= 0.3 is 11.9 Å². The summed E-state index contributed by atoms with van der Waals surface area (Å²) in [7, 11) is 5.89.